The summed E-state index contributed by atoms with van der Waals surface area (Å²) in [7, 11) is 0. The molecule has 0 unspecified atom stereocenters. The van der Waals surface area contributed by atoms with E-state index in [0.29, 0.717) is 0 Å². The van der Waals surface area contributed by atoms with Gasteiger partial charge in [-0.25, -0.2) is 0 Å². The largest absolute Gasteiger partial charge is 0.368 e. The fourth-order valence-corrected chi connectivity index (χ4v) is 0.245. The number of hydrogen-bond acceptors (Lipinski definition) is 4. The Hall–Kier alpha value is -0.480. The molecule has 0 amide bonds. The van der Waals surface area contributed by atoms with Gasteiger partial charge < -0.3 is 10.2 Å². The third-order valence-electron chi connectivity index (χ3n) is 0.539. The quantitative estimate of drug-likeness (QED) is 0.568. The highest BCUT2D eigenvalue weighted by atomic mass is 16.3. The maximum Gasteiger partial charge on any atom is 0.170 e. The second-order valence-corrected chi connectivity index (χ2v) is 3.19. The molecule has 0 aliphatic rings. The summed E-state index contributed by atoms with van der Waals surface area (Å²) < 4.78 is 0. The average Bonchev–Trinajstić information content (AvgIpc) is 1.57. The molecule has 4 nitrogen and oxygen atoms in total. The molecule has 0 fully saturated rings. The van der Waals surface area contributed by atoms with Gasteiger partial charge >= 0.3 is 0 Å². The van der Waals surface area contributed by atoms with Crippen molar-refractivity contribution in [3.8, 4) is 0 Å². The summed E-state index contributed by atoms with van der Waals surface area (Å²) in [5.41, 5.74) is -2.39. The Labute approximate surface area is 60.6 Å². The highest BCUT2D eigenvalue weighted by Gasteiger charge is 2.14. The van der Waals surface area contributed by atoms with Crippen molar-refractivity contribution in [3.05, 3.63) is 0 Å². The molecule has 0 radical (unpaired) electrons. The van der Waals surface area contributed by atoms with Crippen molar-refractivity contribution in [3.63, 3.8) is 0 Å². The van der Waals surface area contributed by atoms with Crippen molar-refractivity contribution in [2.75, 3.05) is 0 Å². The van der Waals surface area contributed by atoms with Crippen LogP contribution in [0.5, 0.6) is 0 Å². The van der Waals surface area contributed by atoms with Crippen LogP contribution in [0.25, 0.3) is 0 Å². The predicted octanol–water partition coefficient (Wildman–Crippen LogP) is 0.895. The zero-order valence-electron chi connectivity index (χ0n) is 6.79. The Balaban J connectivity index is 4.01. The van der Waals surface area contributed by atoms with Gasteiger partial charge in [-0.05, 0) is 27.7 Å². The second-order valence-electron chi connectivity index (χ2n) is 3.19. The van der Waals surface area contributed by atoms with Crippen LogP contribution in [-0.2, 0) is 0 Å². The van der Waals surface area contributed by atoms with E-state index in [0.717, 1.165) is 0 Å². The fourth-order valence-electron chi connectivity index (χ4n) is 0.245. The predicted molar refractivity (Wildman–Crippen MR) is 37.5 cm³/mol. The lowest BCUT2D eigenvalue weighted by atomic mass is 10.3. The molecule has 0 aromatic carbocycles. The Kier molecular flexibility index (Phi) is 2.51. The van der Waals surface area contributed by atoms with E-state index in [1.54, 1.807) is 0 Å². The Morgan fingerprint density at radius 2 is 1.00 bits per heavy atom. The molecule has 0 aliphatic carbocycles. The number of rotatable bonds is 2. The summed E-state index contributed by atoms with van der Waals surface area (Å²) in [6, 6.07) is 0. The standard InChI is InChI=1S/C6H14N2O2/c1-5(2,9)7-8-6(3,4)10/h9-10H,1-4H3/b8-7+. The first-order chi connectivity index (χ1) is 4.21. The minimum absolute atomic E-state index is 1.19. The zero-order chi connectivity index (χ0) is 8.41. The van der Waals surface area contributed by atoms with Crippen molar-refractivity contribution in [1.29, 1.82) is 0 Å². The van der Waals surface area contributed by atoms with E-state index in [1.165, 1.54) is 27.7 Å². The van der Waals surface area contributed by atoms with Crippen LogP contribution in [0.15, 0.2) is 10.2 Å². The molecule has 2 N–H and O–H groups in total. The normalized spacial score (nSPS) is 14.6. The molecule has 0 bridgehead atoms. The first-order valence-electron chi connectivity index (χ1n) is 3.09. The van der Waals surface area contributed by atoms with Crippen molar-refractivity contribution < 1.29 is 10.2 Å². The van der Waals surface area contributed by atoms with Crippen LogP contribution in [0.2, 0.25) is 0 Å². The molecule has 0 saturated carbocycles. The van der Waals surface area contributed by atoms with Gasteiger partial charge in [-0.3, -0.25) is 0 Å². The third kappa shape index (κ3) is 7.52. The van der Waals surface area contributed by atoms with Crippen LogP contribution in [0.4, 0.5) is 0 Å². The van der Waals surface area contributed by atoms with Gasteiger partial charge in [0.2, 0.25) is 0 Å². The van der Waals surface area contributed by atoms with Gasteiger partial charge in [-0.1, -0.05) is 0 Å². The lowest BCUT2D eigenvalue weighted by molar-refractivity contribution is 0.0432. The van der Waals surface area contributed by atoms with Gasteiger partial charge in [0.25, 0.3) is 0 Å². The van der Waals surface area contributed by atoms with E-state index in [1.807, 2.05) is 0 Å². The Morgan fingerprint density at radius 3 is 1.10 bits per heavy atom. The Bertz CT molecular complexity index is 114. The molecule has 10 heavy (non-hydrogen) atoms. The van der Waals surface area contributed by atoms with E-state index < -0.39 is 11.4 Å². The van der Waals surface area contributed by atoms with E-state index >= 15 is 0 Å². The minimum atomic E-state index is -1.19. The molecular formula is C6H14N2O2. The lowest BCUT2D eigenvalue weighted by Crippen LogP contribution is -2.19. The maximum atomic E-state index is 9.01. The second kappa shape index (κ2) is 2.64. The lowest BCUT2D eigenvalue weighted by Gasteiger charge is -2.13. The molecule has 0 saturated heterocycles. The van der Waals surface area contributed by atoms with Crippen molar-refractivity contribution >= 4 is 0 Å². The summed E-state index contributed by atoms with van der Waals surface area (Å²) in [6.45, 7) is 5.95. The summed E-state index contributed by atoms with van der Waals surface area (Å²) >= 11 is 0. The molecule has 0 heterocycles. The summed E-state index contributed by atoms with van der Waals surface area (Å²) in [6.07, 6.45) is 0. The summed E-state index contributed by atoms with van der Waals surface area (Å²) in [5.74, 6) is 0. The Morgan fingerprint density at radius 1 is 0.800 bits per heavy atom. The topological polar surface area (TPSA) is 65.2 Å². The number of nitrogens with zero attached hydrogens (tertiary/aromatic N) is 2. The van der Waals surface area contributed by atoms with E-state index in [2.05, 4.69) is 10.2 Å². The molecule has 0 aliphatic heterocycles. The first-order valence-corrected chi connectivity index (χ1v) is 3.09. The highest BCUT2D eigenvalue weighted by molar-refractivity contribution is 4.62. The number of azo groups is 1. The fraction of sp³-hybridized carbons (Fsp3) is 1.00. The van der Waals surface area contributed by atoms with Crippen molar-refractivity contribution in [1.82, 2.24) is 0 Å². The van der Waals surface area contributed by atoms with Gasteiger partial charge in [0.05, 0.1) is 0 Å². The maximum absolute atomic E-state index is 9.01. The molecule has 0 aromatic heterocycles. The summed E-state index contributed by atoms with van der Waals surface area (Å²) in [5, 5.41) is 24.9. The first kappa shape index (κ1) is 9.52. The summed E-state index contributed by atoms with van der Waals surface area (Å²) in [4.78, 5) is 0. The van der Waals surface area contributed by atoms with Gasteiger partial charge in [0.15, 0.2) is 11.4 Å². The van der Waals surface area contributed by atoms with Crippen molar-refractivity contribution in [2.45, 2.75) is 39.1 Å². The van der Waals surface area contributed by atoms with Gasteiger partial charge in [-0.15, -0.1) is 0 Å². The molecule has 60 valence electrons. The van der Waals surface area contributed by atoms with E-state index in [-0.39, 0.29) is 0 Å². The van der Waals surface area contributed by atoms with Gasteiger partial charge in [-0.2, -0.15) is 10.2 Å². The van der Waals surface area contributed by atoms with Crippen LogP contribution in [0.3, 0.4) is 0 Å². The smallest absolute Gasteiger partial charge is 0.170 e. The molecule has 0 atom stereocenters. The minimum Gasteiger partial charge on any atom is -0.368 e. The van der Waals surface area contributed by atoms with Crippen LogP contribution < -0.4 is 0 Å². The number of hydrogen-bond donors (Lipinski definition) is 2. The van der Waals surface area contributed by atoms with Crippen LogP contribution >= 0.6 is 0 Å². The van der Waals surface area contributed by atoms with Crippen molar-refractivity contribution in [2.24, 2.45) is 10.2 Å². The molecule has 4 heteroatoms. The molecule has 0 spiro atoms. The van der Waals surface area contributed by atoms with Gasteiger partial charge in [0, 0.05) is 0 Å². The molecular weight excluding hydrogens is 132 g/mol. The van der Waals surface area contributed by atoms with Crippen LogP contribution in [0, 0.1) is 0 Å². The molecule has 0 aromatic rings. The van der Waals surface area contributed by atoms with Gasteiger partial charge in [0.1, 0.15) is 0 Å². The van der Waals surface area contributed by atoms with Crippen LogP contribution in [0.1, 0.15) is 27.7 Å². The van der Waals surface area contributed by atoms with E-state index in [4.69, 9.17) is 10.2 Å². The third-order valence-corrected chi connectivity index (χ3v) is 0.539. The average molecular weight is 146 g/mol. The van der Waals surface area contributed by atoms with Crippen LogP contribution in [-0.4, -0.2) is 21.7 Å². The highest BCUT2D eigenvalue weighted by Crippen LogP contribution is 2.09. The van der Waals surface area contributed by atoms with E-state index in [9.17, 15) is 0 Å². The molecule has 0 rings (SSSR count). The zero-order valence-corrected chi connectivity index (χ0v) is 6.79. The monoisotopic (exact) mass is 146 g/mol. The number of aliphatic hydroxyl groups is 2. The SMILES string of the molecule is CC(C)(O)/N=N/C(C)(C)O.